The lowest BCUT2D eigenvalue weighted by molar-refractivity contribution is 0.0604. The van der Waals surface area contributed by atoms with Gasteiger partial charge in [0.1, 0.15) is 0 Å². The van der Waals surface area contributed by atoms with E-state index in [1.54, 1.807) is 11.9 Å². The summed E-state index contributed by atoms with van der Waals surface area (Å²) in [6.07, 6.45) is 2.94. The van der Waals surface area contributed by atoms with E-state index in [2.05, 4.69) is 15.5 Å². The van der Waals surface area contributed by atoms with Crippen LogP contribution in [0.1, 0.15) is 62.6 Å². The van der Waals surface area contributed by atoms with Crippen LogP contribution in [0.5, 0.6) is 0 Å². The van der Waals surface area contributed by atoms with E-state index in [1.807, 2.05) is 20.8 Å². The maximum absolute atomic E-state index is 12.3. The van der Waals surface area contributed by atoms with E-state index < -0.39 is 0 Å². The fourth-order valence-corrected chi connectivity index (χ4v) is 2.02. The molecule has 1 aromatic heterocycles. The molecule has 1 N–H and O–H groups in total. The first-order valence-electron chi connectivity index (χ1n) is 6.81. The minimum atomic E-state index is -0.219. The van der Waals surface area contributed by atoms with Crippen molar-refractivity contribution in [3.63, 3.8) is 0 Å². The summed E-state index contributed by atoms with van der Waals surface area (Å²) in [6.45, 7) is 7.04. The Kier molecular flexibility index (Phi) is 3.89. The minimum Gasteiger partial charge on any atom is -0.337 e. The standard InChI is InChI=1S/C13H22N4O2/c1-5-13(2,3)17(4)12(18)10-15-11(19-16-10)9-7-6-8-14-9/h9,14H,5-8H2,1-4H3. The van der Waals surface area contributed by atoms with Crippen LogP contribution in [0.25, 0.3) is 0 Å². The molecule has 1 saturated heterocycles. The largest absolute Gasteiger partial charge is 0.337 e. The fourth-order valence-electron chi connectivity index (χ4n) is 2.02. The molecule has 1 aliphatic rings. The molecule has 19 heavy (non-hydrogen) atoms. The molecule has 6 nitrogen and oxygen atoms in total. The third-order valence-electron chi connectivity index (χ3n) is 4.07. The molecule has 1 unspecified atom stereocenters. The van der Waals surface area contributed by atoms with E-state index in [4.69, 9.17) is 4.52 Å². The summed E-state index contributed by atoms with van der Waals surface area (Å²) in [5.74, 6) is 0.469. The molecule has 6 heteroatoms. The van der Waals surface area contributed by atoms with Gasteiger partial charge < -0.3 is 14.7 Å². The summed E-state index contributed by atoms with van der Waals surface area (Å²) < 4.78 is 5.20. The second-order valence-electron chi connectivity index (χ2n) is 5.64. The maximum Gasteiger partial charge on any atom is 0.295 e. The molecule has 106 valence electrons. The van der Waals surface area contributed by atoms with Crippen molar-refractivity contribution in [3.05, 3.63) is 11.7 Å². The molecule has 0 aromatic carbocycles. The smallest absolute Gasteiger partial charge is 0.295 e. The SMILES string of the molecule is CCC(C)(C)N(C)C(=O)c1noc(C2CCCN2)n1. The molecule has 0 aliphatic carbocycles. The van der Waals surface area contributed by atoms with Crippen molar-refractivity contribution < 1.29 is 9.32 Å². The normalized spacial score (nSPS) is 19.7. The van der Waals surface area contributed by atoms with Crippen LogP contribution in [0.3, 0.4) is 0 Å². The molecular formula is C13H22N4O2. The maximum atomic E-state index is 12.3. The lowest BCUT2D eigenvalue weighted by atomic mass is 10.00. The second kappa shape index (κ2) is 5.28. The molecule has 1 fully saturated rings. The Balaban J connectivity index is 2.11. The third-order valence-corrected chi connectivity index (χ3v) is 4.07. The van der Waals surface area contributed by atoms with Crippen LogP contribution in [0.15, 0.2) is 4.52 Å². The third kappa shape index (κ3) is 2.78. The van der Waals surface area contributed by atoms with Gasteiger partial charge in [-0.2, -0.15) is 4.98 Å². The number of carbonyl (C=O) groups is 1. The molecule has 1 amide bonds. The predicted octanol–water partition coefficient (Wildman–Crippen LogP) is 1.75. The van der Waals surface area contributed by atoms with Gasteiger partial charge in [0.15, 0.2) is 0 Å². The number of aromatic nitrogens is 2. The van der Waals surface area contributed by atoms with Gasteiger partial charge in [0.25, 0.3) is 11.7 Å². The first-order chi connectivity index (χ1) is 8.95. The highest BCUT2D eigenvalue weighted by Gasteiger charge is 2.31. The van der Waals surface area contributed by atoms with E-state index in [9.17, 15) is 4.79 Å². The van der Waals surface area contributed by atoms with Crippen molar-refractivity contribution in [1.82, 2.24) is 20.4 Å². The molecular weight excluding hydrogens is 244 g/mol. The average molecular weight is 266 g/mol. The van der Waals surface area contributed by atoms with Gasteiger partial charge in [-0.1, -0.05) is 12.1 Å². The number of hydrogen-bond acceptors (Lipinski definition) is 5. The van der Waals surface area contributed by atoms with Crippen LogP contribution >= 0.6 is 0 Å². The fraction of sp³-hybridized carbons (Fsp3) is 0.769. The van der Waals surface area contributed by atoms with Crippen molar-refractivity contribution >= 4 is 5.91 Å². The zero-order valence-corrected chi connectivity index (χ0v) is 12.1. The monoisotopic (exact) mass is 266 g/mol. The zero-order chi connectivity index (χ0) is 14.0. The summed E-state index contributed by atoms with van der Waals surface area (Å²) in [7, 11) is 1.77. The lowest BCUT2D eigenvalue weighted by Gasteiger charge is -2.33. The number of amides is 1. The quantitative estimate of drug-likeness (QED) is 0.899. The summed E-state index contributed by atoms with van der Waals surface area (Å²) in [5.41, 5.74) is -0.219. The van der Waals surface area contributed by atoms with Crippen LogP contribution in [0.2, 0.25) is 0 Å². The number of nitrogens with zero attached hydrogens (tertiary/aromatic N) is 3. The number of hydrogen-bond donors (Lipinski definition) is 1. The van der Waals surface area contributed by atoms with Gasteiger partial charge in [-0.3, -0.25) is 4.79 Å². The Hall–Kier alpha value is -1.43. The number of nitrogens with one attached hydrogen (secondary N) is 1. The highest BCUT2D eigenvalue weighted by atomic mass is 16.5. The van der Waals surface area contributed by atoms with Crippen molar-refractivity contribution in [2.45, 2.75) is 51.6 Å². The van der Waals surface area contributed by atoms with Crippen molar-refractivity contribution in [3.8, 4) is 0 Å². The molecule has 1 aliphatic heterocycles. The number of rotatable bonds is 4. The highest BCUT2D eigenvalue weighted by Crippen LogP contribution is 2.22. The molecule has 0 saturated carbocycles. The van der Waals surface area contributed by atoms with Gasteiger partial charge in [-0.05, 0) is 39.7 Å². The Morgan fingerprint density at radius 3 is 2.89 bits per heavy atom. The summed E-state index contributed by atoms with van der Waals surface area (Å²) in [5, 5.41) is 7.09. The Bertz CT molecular complexity index is 449. The van der Waals surface area contributed by atoms with E-state index in [0.29, 0.717) is 5.89 Å². The van der Waals surface area contributed by atoms with E-state index in [-0.39, 0.29) is 23.3 Å². The van der Waals surface area contributed by atoms with Crippen LogP contribution in [0.4, 0.5) is 0 Å². The molecule has 1 atom stereocenters. The van der Waals surface area contributed by atoms with E-state index in [0.717, 1.165) is 25.8 Å². The topological polar surface area (TPSA) is 71.3 Å². The summed E-state index contributed by atoms with van der Waals surface area (Å²) >= 11 is 0. The Morgan fingerprint density at radius 2 is 2.32 bits per heavy atom. The van der Waals surface area contributed by atoms with Gasteiger partial charge in [0, 0.05) is 12.6 Å². The molecule has 0 radical (unpaired) electrons. The van der Waals surface area contributed by atoms with Crippen LogP contribution < -0.4 is 5.32 Å². The average Bonchev–Trinajstić information content (AvgIpc) is 3.06. The van der Waals surface area contributed by atoms with Crippen molar-refractivity contribution in [2.24, 2.45) is 0 Å². The summed E-state index contributed by atoms with van der Waals surface area (Å²) in [4.78, 5) is 18.2. The predicted molar refractivity (Wildman–Crippen MR) is 70.7 cm³/mol. The molecule has 2 heterocycles. The van der Waals surface area contributed by atoms with Gasteiger partial charge in [-0.25, -0.2) is 0 Å². The molecule has 2 rings (SSSR count). The van der Waals surface area contributed by atoms with Crippen molar-refractivity contribution in [2.75, 3.05) is 13.6 Å². The molecule has 0 spiro atoms. The van der Waals surface area contributed by atoms with E-state index in [1.165, 1.54) is 0 Å². The molecule has 1 aromatic rings. The first kappa shape index (κ1) is 14.0. The van der Waals surface area contributed by atoms with Gasteiger partial charge in [0.05, 0.1) is 6.04 Å². The molecule has 0 bridgehead atoms. The lowest BCUT2D eigenvalue weighted by Crippen LogP contribution is -2.44. The van der Waals surface area contributed by atoms with Gasteiger partial charge >= 0.3 is 0 Å². The first-order valence-corrected chi connectivity index (χ1v) is 6.81. The van der Waals surface area contributed by atoms with Gasteiger partial charge in [-0.15, -0.1) is 0 Å². The number of carbonyl (C=O) groups excluding carboxylic acids is 1. The van der Waals surface area contributed by atoms with Crippen molar-refractivity contribution in [1.29, 1.82) is 0 Å². The minimum absolute atomic E-state index is 0.0959. The zero-order valence-electron chi connectivity index (χ0n) is 12.1. The van der Waals surface area contributed by atoms with E-state index >= 15 is 0 Å². The summed E-state index contributed by atoms with van der Waals surface area (Å²) in [6, 6.07) is 0.0959. The second-order valence-corrected chi connectivity index (χ2v) is 5.64. The van der Waals surface area contributed by atoms with Crippen LogP contribution in [-0.4, -0.2) is 40.1 Å². The van der Waals surface area contributed by atoms with Crippen LogP contribution in [-0.2, 0) is 0 Å². The highest BCUT2D eigenvalue weighted by molar-refractivity contribution is 5.90. The van der Waals surface area contributed by atoms with Crippen LogP contribution in [0, 0.1) is 0 Å². The van der Waals surface area contributed by atoms with Gasteiger partial charge in [0.2, 0.25) is 5.89 Å². The Labute approximate surface area is 113 Å². The Morgan fingerprint density at radius 1 is 1.58 bits per heavy atom.